The summed E-state index contributed by atoms with van der Waals surface area (Å²) in [5.41, 5.74) is 0. The largest absolute Gasteiger partial charge is 0.317 e. The van der Waals surface area contributed by atoms with Gasteiger partial charge in [-0.3, -0.25) is 0 Å². The van der Waals surface area contributed by atoms with Crippen molar-refractivity contribution < 1.29 is 8.42 Å². The van der Waals surface area contributed by atoms with Crippen molar-refractivity contribution in [3.63, 3.8) is 0 Å². The van der Waals surface area contributed by atoms with Gasteiger partial charge in [0.2, 0.25) is 0 Å². The molecule has 0 aromatic carbocycles. The van der Waals surface area contributed by atoms with E-state index in [9.17, 15) is 8.42 Å². The first kappa shape index (κ1) is 15.9. The molecule has 114 valence electrons. The number of sulfonamides is 1. The molecule has 1 aliphatic carbocycles. The normalized spacial score (nSPS) is 17.6. The van der Waals surface area contributed by atoms with Crippen LogP contribution in [0.15, 0.2) is 16.3 Å². The lowest BCUT2D eigenvalue weighted by molar-refractivity contribution is 0.358. The maximum absolute atomic E-state index is 12.6. The molecule has 0 radical (unpaired) electrons. The van der Waals surface area contributed by atoms with Gasteiger partial charge in [-0.15, -0.1) is 11.3 Å². The van der Waals surface area contributed by atoms with E-state index in [1.807, 2.05) is 13.0 Å². The Labute approximate surface area is 126 Å². The van der Waals surface area contributed by atoms with Crippen molar-refractivity contribution in [1.82, 2.24) is 9.62 Å². The molecule has 0 aliphatic heterocycles. The number of likely N-dealkylation sites (N-methyl/N-ethyl adjacent to an activating group) is 1. The predicted octanol–water partition coefficient (Wildman–Crippen LogP) is 2.32. The Balaban J connectivity index is 2.05. The van der Waals surface area contributed by atoms with Crippen LogP contribution in [-0.4, -0.2) is 38.9 Å². The maximum atomic E-state index is 12.6. The van der Waals surface area contributed by atoms with Crippen LogP contribution in [0.3, 0.4) is 0 Å². The molecule has 2 rings (SSSR count). The van der Waals surface area contributed by atoms with Gasteiger partial charge in [0.1, 0.15) is 4.21 Å². The Bertz CT molecular complexity index is 535. The minimum Gasteiger partial charge on any atom is -0.317 e. The molecular formula is C14H24N2O2S2. The highest BCUT2D eigenvalue weighted by Crippen LogP contribution is 2.37. The minimum absolute atomic E-state index is 0.104. The van der Waals surface area contributed by atoms with Crippen molar-refractivity contribution in [2.45, 2.75) is 43.4 Å². The highest BCUT2D eigenvalue weighted by molar-refractivity contribution is 7.91. The van der Waals surface area contributed by atoms with Crippen molar-refractivity contribution in [1.29, 1.82) is 0 Å². The third-order valence-corrected chi connectivity index (χ3v) is 7.50. The monoisotopic (exact) mass is 316 g/mol. The van der Waals surface area contributed by atoms with Crippen LogP contribution in [0.4, 0.5) is 0 Å². The van der Waals surface area contributed by atoms with E-state index >= 15 is 0 Å². The molecule has 20 heavy (non-hydrogen) atoms. The second kappa shape index (κ2) is 6.56. The standard InChI is InChI=1S/C14H24N2O2S2/c1-4-15-10-9-13-7-8-14(19-13)20(17,18)16(3)11(2)12-5-6-12/h7-8,11-12,15H,4-6,9-10H2,1-3H3. The fraction of sp³-hybridized carbons (Fsp3) is 0.714. The highest BCUT2D eigenvalue weighted by Gasteiger charge is 2.36. The molecule has 0 saturated heterocycles. The lowest BCUT2D eigenvalue weighted by Crippen LogP contribution is -2.36. The SMILES string of the molecule is CCNCCc1ccc(S(=O)(=O)N(C)C(C)C2CC2)s1. The highest BCUT2D eigenvalue weighted by atomic mass is 32.2. The molecule has 0 bridgehead atoms. The second-order valence-corrected chi connectivity index (χ2v) is 8.82. The number of nitrogens with zero attached hydrogens (tertiary/aromatic N) is 1. The number of hydrogen-bond donors (Lipinski definition) is 1. The van der Waals surface area contributed by atoms with Gasteiger partial charge in [0.25, 0.3) is 10.0 Å². The van der Waals surface area contributed by atoms with E-state index in [2.05, 4.69) is 12.2 Å². The van der Waals surface area contributed by atoms with Crippen molar-refractivity contribution in [3.05, 3.63) is 17.0 Å². The predicted molar refractivity (Wildman–Crippen MR) is 83.7 cm³/mol. The third kappa shape index (κ3) is 3.61. The van der Waals surface area contributed by atoms with Crippen LogP contribution in [0, 0.1) is 5.92 Å². The van der Waals surface area contributed by atoms with Crippen LogP contribution >= 0.6 is 11.3 Å². The first-order chi connectivity index (χ1) is 9.46. The maximum Gasteiger partial charge on any atom is 0.252 e. The van der Waals surface area contributed by atoms with Gasteiger partial charge in [0, 0.05) is 18.0 Å². The van der Waals surface area contributed by atoms with E-state index in [1.165, 1.54) is 11.3 Å². The summed E-state index contributed by atoms with van der Waals surface area (Å²) in [5.74, 6) is 0.544. The molecule has 1 fully saturated rings. The van der Waals surface area contributed by atoms with Gasteiger partial charge in [-0.05, 0) is 57.3 Å². The summed E-state index contributed by atoms with van der Waals surface area (Å²) >= 11 is 1.40. The number of nitrogens with one attached hydrogen (secondary N) is 1. The van der Waals surface area contributed by atoms with Crippen molar-refractivity contribution >= 4 is 21.4 Å². The van der Waals surface area contributed by atoms with Crippen LogP contribution in [0.25, 0.3) is 0 Å². The van der Waals surface area contributed by atoms with E-state index in [1.54, 1.807) is 17.4 Å². The summed E-state index contributed by atoms with van der Waals surface area (Å²) in [6.45, 7) is 5.91. The smallest absolute Gasteiger partial charge is 0.252 e. The molecule has 4 nitrogen and oxygen atoms in total. The average molecular weight is 316 g/mol. The Morgan fingerprint density at radius 3 is 2.75 bits per heavy atom. The molecule has 1 saturated carbocycles. The summed E-state index contributed by atoms with van der Waals surface area (Å²) in [4.78, 5) is 1.12. The van der Waals surface area contributed by atoms with E-state index in [4.69, 9.17) is 0 Å². The molecule has 1 atom stereocenters. The fourth-order valence-corrected chi connectivity index (χ4v) is 5.22. The number of rotatable bonds is 8. The van der Waals surface area contributed by atoms with Crippen LogP contribution in [-0.2, 0) is 16.4 Å². The van der Waals surface area contributed by atoms with Crippen LogP contribution in [0.2, 0.25) is 0 Å². The van der Waals surface area contributed by atoms with E-state index in [0.717, 1.165) is 37.2 Å². The molecule has 1 N–H and O–H groups in total. The average Bonchev–Trinajstić information content (AvgIpc) is 3.16. The van der Waals surface area contributed by atoms with Crippen LogP contribution < -0.4 is 5.32 Å². The topological polar surface area (TPSA) is 49.4 Å². The molecule has 0 spiro atoms. The van der Waals surface area contributed by atoms with E-state index in [-0.39, 0.29) is 6.04 Å². The Morgan fingerprint density at radius 1 is 1.45 bits per heavy atom. The first-order valence-corrected chi connectivity index (χ1v) is 9.50. The second-order valence-electron chi connectivity index (χ2n) is 5.42. The van der Waals surface area contributed by atoms with Gasteiger partial charge in [0.15, 0.2) is 0 Å². The summed E-state index contributed by atoms with van der Waals surface area (Å²) < 4.78 is 27.2. The summed E-state index contributed by atoms with van der Waals surface area (Å²) in [5, 5.41) is 3.26. The zero-order valence-electron chi connectivity index (χ0n) is 12.4. The Hall–Kier alpha value is -0.430. The van der Waals surface area contributed by atoms with E-state index in [0.29, 0.717) is 10.1 Å². The van der Waals surface area contributed by atoms with Crippen LogP contribution in [0.1, 0.15) is 31.6 Å². The third-order valence-electron chi connectivity index (χ3n) is 3.95. The molecular weight excluding hydrogens is 292 g/mol. The van der Waals surface area contributed by atoms with Gasteiger partial charge in [0.05, 0.1) is 0 Å². The molecule has 1 aliphatic rings. The molecule has 1 unspecified atom stereocenters. The van der Waals surface area contributed by atoms with Gasteiger partial charge >= 0.3 is 0 Å². The molecule has 1 aromatic heterocycles. The Kier molecular flexibility index (Phi) is 5.23. The summed E-state index contributed by atoms with van der Waals surface area (Å²) in [6, 6.07) is 3.79. The van der Waals surface area contributed by atoms with Gasteiger partial charge in [-0.25, -0.2) is 8.42 Å². The zero-order valence-corrected chi connectivity index (χ0v) is 14.1. The van der Waals surface area contributed by atoms with Crippen molar-refractivity contribution in [2.24, 2.45) is 5.92 Å². The summed E-state index contributed by atoms with van der Waals surface area (Å²) in [6.07, 6.45) is 3.19. The quantitative estimate of drug-likeness (QED) is 0.749. The number of hydrogen-bond acceptors (Lipinski definition) is 4. The molecule has 1 heterocycles. The molecule has 6 heteroatoms. The van der Waals surface area contributed by atoms with Crippen molar-refractivity contribution in [3.8, 4) is 0 Å². The van der Waals surface area contributed by atoms with Crippen LogP contribution in [0.5, 0.6) is 0 Å². The fourth-order valence-electron chi connectivity index (χ4n) is 2.26. The molecule has 0 amide bonds. The minimum atomic E-state index is -3.32. The first-order valence-electron chi connectivity index (χ1n) is 7.24. The molecule has 1 aromatic rings. The lowest BCUT2D eigenvalue weighted by atomic mass is 10.2. The van der Waals surface area contributed by atoms with Crippen molar-refractivity contribution in [2.75, 3.05) is 20.1 Å². The van der Waals surface area contributed by atoms with Gasteiger partial charge < -0.3 is 5.32 Å². The van der Waals surface area contributed by atoms with Gasteiger partial charge in [-0.1, -0.05) is 6.92 Å². The lowest BCUT2D eigenvalue weighted by Gasteiger charge is -2.23. The summed E-state index contributed by atoms with van der Waals surface area (Å²) in [7, 11) is -1.62. The Morgan fingerprint density at radius 2 is 2.15 bits per heavy atom. The number of thiophene rings is 1. The van der Waals surface area contributed by atoms with E-state index < -0.39 is 10.0 Å². The zero-order chi connectivity index (χ0) is 14.8. The van der Waals surface area contributed by atoms with Gasteiger partial charge in [-0.2, -0.15) is 4.31 Å².